The highest BCUT2D eigenvalue weighted by Crippen LogP contribution is 2.16. The Bertz CT molecular complexity index is 307. The molecule has 1 fully saturated rings. The highest BCUT2D eigenvalue weighted by atomic mass is 16.5. The molecule has 1 aliphatic rings. The molecule has 0 aliphatic carbocycles. The van der Waals surface area contributed by atoms with E-state index < -0.39 is 0 Å². The van der Waals surface area contributed by atoms with Gasteiger partial charge in [-0.2, -0.15) is 4.98 Å². The van der Waals surface area contributed by atoms with Crippen molar-refractivity contribution >= 4 is 0 Å². The Labute approximate surface area is 95.8 Å². The first-order valence-corrected chi connectivity index (χ1v) is 6.10. The quantitative estimate of drug-likeness (QED) is 0.761. The zero-order chi connectivity index (χ0) is 11.2. The van der Waals surface area contributed by atoms with Crippen LogP contribution in [0.4, 0.5) is 0 Å². The number of aryl methyl sites for hydroxylation is 1. The number of rotatable bonds is 5. The minimum Gasteiger partial charge on any atom is -0.339 e. The summed E-state index contributed by atoms with van der Waals surface area (Å²) in [6, 6.07) is 0. The molecule has 0 atom stereocenters. The molecule has 2 rings (SSSR count). The van der Waals surface area contributed by atoms with Crippen molar-refractivity contribution in [2.75, 3.05) is 19.6 Å². The van der Waals surface area contributed by atoms with Gasteiger partial charge < -0.3 is 15.6 Å². The van der Waals surface area contributed by atoms with Crippen LogP contribution in [0, 0.1) is 5.92 Å². The van der Waals surface area contributed by atoms with Crippen molar-refractivity contribution in [3.8, 4) is 0 Å². The van der Waals surface area contributed by atoms with Crippen LogP contribution in [-0.2, 0) is 12.8 Å². The van der Waals surface area contributed by atoms with Gasteiger partial charge in [-0.3, -0.25) is 0 Å². The molecule has 0 saturated carbocycles. The Morgan fingerprint density at radius 1 is 1.38 bits per heavy atom. The van der Waals surface area contributed by atoms with Crippen LogP contribution in [0.5, 0.6) is 0 Å². The molecule has 2 heterocycles. The number of nitrogens with zero attached hydrogens (tertiary/aromatic N) is 2. The summed E-state index contributed by atoms with van der Waals surface area (Å²) in [4.78, 5) is 4.39. The molecule has 1 aromatic heterocycles. The standard InChI is InChI=1S/C11H20N4O/c12-5-1-2-11-14-10(15-16-11)8-9-3-6-13-7-4-9/h9,13H,1-8,12H2. The summed E-state index contributed by atoms with van der Waals surface area (Å²) in [5, 5.41) is 7.37. The first-order valence-electron chi connectivity index (χ1n) is 6.10. The third-order valence-corrected chi connectivity index (χ3v) is 3.03. The maximum Gasteiger partial charge on any atom is 0.226 e. The summed E-state index contributed by atoms with van der Waals surface area (Å²) in [7, 11) is 0. The van der Waals surface area contributed by atoms with E-state index in [0.717, 1.165) is 44.1 Å². The number of piperidine rings is 1. The second-order valence-electron chi connectivity index (χ2n) is 4.39. The molecule has 5 nitrogen and oxygen atoms in total. The Balaban J connectivity index is 1.81. The van der Waals surface area contributed by atoms with Crippen LogP contribution in [-0.4, -0.2) is 29.8 Å². The Kier molecular flexibility index (Phi) is 4.30. The van der Waals surface area contributed by atoms with Gasteiger partial charge in [-0.25, -0.2) is 0 Å². The molecule has 0 unspecified atom stereocenters. The van der Waals surface area contributed by atoms with Crippen LogP contribution in [0.25, 0.3) is 0 Å². The van der Waals surface area contributed by atoms with Gasteiger partial charge in [0.25, 0.3) is 0 Å². The number of aromatic nitrogens is 2. The molecule has 90 valence electrons. The van der Waals surface area contributed by atoms with Crippen molar-refractivity contribution in [1.29, 1.82) is 0 Å². The van der Waals surface area contributed by atoms with E-state index in [0.29, 0.717) is 12.5 Å². The predicted molar refractivity (Wildman–Crippen MR) is 61.0 cm³/mol. The Hall–Kier alpha value is -0.940. The third kappa shape index (κ3) is 3.28. The van der Waals surface area contributed by atoms with Crippen LogP contribution < -0.4 is 11.1 Å². The highest BCUT2D eigenvalue weighted by Gasteiger charge is 2.16. The second kappa shape index (κ2) is 5.96. The van der Waals surface area contributed by atoms with Gasteiger partial charge in [0.15, 0.2) is 5.82 Å². The molecule has 0 amide bonds. The van der Waals surface area contributed by atoms with Crippen LogP contribution in [0.3, 0.4) is 0 Å². The summed E-state index contributed by atoms with van der Waals surface area (Å²) in [6.45, 7) is 2.90. The van der Waals surface area contributed by atoms with Crippen LogP contribution in [0.1, 0.15) is 31.0 Å². The Morgan fingerprint density at radius 3 is 2.94 bits per heavy atom. The van der Waals surface area contributed by atoms with Gasteiger partial charge in [-0.05, 0) is 44.8 Å². The molecule has 1 saturated heterocycles. The smallest absolute Gasteiger partial charge is 0.226 e. The zero-order valence-electron chi connectivity index (χ0n) is 9.61. The maximum absolute atomic E-state index is 5.44. The van der Waals surface area contributed by atoms with Crippen molar-refractivity contribution < 1.29 is 4.52 Å². The number of nitrogens with one attached hydrogen (secondary N) is 1. The Morgan fingerprint density at radius 2 is 2.19 bits per heavy atom. The van der Waals surface area contributed by atoms with Crippen LogP contribution in [0.15, 0.2) is 4.52 Å². The fourth-order valence-corrected chi connectivity index (χ4v) is 2.07. The lowest BCUT2D eigenvalue weighted by Gasteiger charge is -2.20. The molecular formula is C11H20N4O. The van der Waals surface area contributed by atoms with Crippen molar-refractivity contribution in [2.45, 2.75) is 32.1 Å². The average molecular weight is 224 g/mol. The second-order valence-corrected chi connectivity index (χ2v) is 4.39. The van der Waals surface area contributed by atoms with Crippen LogP contribution in [0.2, 0.25) is 0 Å². The predicted octanol–water partition coefficient (Wildman–Crippen LogP) is 0.503. The van der Waals surface area contributed by atoms with E-state index in [1.807, 2.05) is 0 Å². The maximum atomic E-state index is 5.44. The van der Waals surface area contributed by atoms with E-state index in [-0.39, 0.29) is 0 Å². The lowest BCUT2D eigenvalue weighted by atomic mass is 9.94. The van der Waals surface area contributed by atoms with Crippen molar-refractivity contribution in [3.63, 3.8) is 0 Å². The summed E-state index contributed by atoms with van der Waals surface area (Å²) < 4.78 is 5.18. The molecule has 1 aliphatic heterocycles. The highest BCUT2D eigenvalue weighted by molar-refractivity contribution is 4.89. The minimum atomic E-state index is 0.673. The van der Waals surface area contributed by atoms with E-state index in [2.05, 4.69) is 15.5 Å². The first kappa shape index (κ1) is 11.5. The average Bonchev–Trinajstić information content (AvgIpc) is 2.75. The van der Waals surface area contributed by atoms with Gasteiger partial charge in [0.1, 0.15) is 0 Å². The van der Waals surface area contributed by atoms with Gasteiger partial charge in [-0.1, -0.05) is 5.16 Å². The van der Waals surface area contributed by atoms with E-state index in [1.165, 1.54) is 12.8 Å². The number of nitrogens with two attached hydrogens (primary N) is 1. The van der Waals surface area contributed by atoms with E-state index >= 15 is 0 Å². The molecular weight excluding hydrogens is 204 g/mol. The largest absolute Gasteiger partial charge is 0.339 e. The normalized spacial score (nSPS) is 17.8. The SMILES string of the molecule is NCCCc1nc(CC2CCNCC2)no1. The van der Waals surface area contributed by atoms with Gasteiger partial charge in [0.05, 0.1) is 0 Å². The van der Waals surface area contributed by atoms with Crippen molar-refractivity contribution in [1.82, 2.24) is 15.5 Å². The molecule has 0 aromatic carbocycles. The van der Waals surface area contributed by atoms with E-state index in [9.17, 15) is 0 Å². The molecule has 5 heteroatoms. The van der Waals surface area contributed by atoms with Gasteiger partial charge >= 0.3 is 0 Å². The summed E-state index contributed by atoms with van der Waals surface area (Å²) in [5.74, 6) is 2.30. The van der Waals surface area contributed by atoms with Crippen LogP contribution >= 0.6 is 0 Å². The summed E-state index contributed by atoms with van der Waals surface area (Å²) in [5.41, 5.74) is 5.44. The number of hydrogen-bond donors (Lipinski definition) is 2. The van der Waals surface area contributed by atoms with Gasteiger partial charge in [-0.15, -0.1) is 0 Å². The topological polar surface area (TPSA) is 77.0 Å². The lowest BCUT2D eigenvalue weighted by molar-refractivity contribution is 0.346. The summed E-state index contributed by atoms with van der Waals surface area (Å²) in [6.07, 6.45) is 5.10. The molecule has 0 bridgehead atoms. The van der Waals surface area contributed by atoms with E-state index in [4.69, 9.17) is 10.3 Å². The lowest BCUT2D eigenvalue weighted by Crippen LogP contribution is -2.28. The van der Waals surface area contributed by atoms with Gasteiger partial charge in [0.2, 0.25) is 5.89 Å². The molecule has 16 heavy (non-hydrogen) atoms. The monoisotopic (exact) mass is 224 g/mol. The van der Waals surface area contributed by atoms with Gasteiger partial charge in [0, 0.05) is 12.8 Å². The first-order chi connectivity index (χ1) is 7.88. The summed E-state index contributed by atoms with van der Waals surface area (Å²) >= 11 is 0. The minimum absolute atomic E-state index is 0.673. The van der Waals surface area contributed by atoms with E-state index in [1.54, 1.807) is 0 Å². The molecule has 3 N–H and O–H groups in total. The van der Waals surface area contributed by atoms with Crippen molar-refractivity contribution in [3.05, 3.63) is 11.7 Å². The fraction of sp³-hybridized carbons (Fsp3) is 0.818. The fourth-order valence-electron chi connectivity index (χ4n) is 2.07. The number of hydrogen-bond acceptors (Lipinski definition) is 5. The zero-order valence-corrected chi connectivity index (χ0v) is 9.61. The molecule has 0 radical (unpaired) electrons. The molecule has 1 aromatic rings. The van der Waals surface area contributed by atoms with Crippen molar-refractivity contribution in [2.24, 2.45) is 11.7 Å². The molecule has 0 spiro atoms. The third-order valence-electron chi connectivity index (χ3n) is 3.03.